The third kappa shape index (κ3) is 4.46. The van der Waals surface area contributed by atoms with Gasteiger partial charge in [-0.3, -0.25) is 0 Å². The Hall–Kier alpha value is -1.12. The predicted molar refractivity (Wildman–Crippen MR) is 89.2 cm³/mol. The Balaban J connectivity index is 1.97. The summed E-state index contributed by atoms with van der Waals surface area (Å²) in [6.07, 6.45) is 5.13. The van der Waals surface area contributed by atoms with Gasteiger partial charge >= 0.3 is 0 Å². The van der Waals surface area contributed by atoms with Crippen LogP contribution in [0.1, 0.15) is 54.7 Å². The Morgan fingerprint density at radius 2 is 1.90 bits per heavy atom. The Morgan fingerprint density at radius 1 is 1.10 bits per heavy atom. The molecule has 108 valence electrons. The molecule has 0 radical (unpaired) electrons. The van der Waals surface area contributed by atoms with Gasteiger partial charge < -0.3 is 5.32 Å². The first-order valence-corrected chi connectivity index (χ1v) is 8.50. The zero-order valence-electron chi connectivity index (χ0n) is 12.6. The number of rotatable bonds is 8. The second kappa shape index (κ2) is 8.23. The second-order valence-corrected chi connectivity index (χ2v) is 6.37. The number of hydrogen-bond acceptors (Lipinski definition) is 2. The molecule has 1 N–H and O–H groups in total. The van der Waals surface area contributed by atoms with E-state index in [1.165, 1.54) is 41.7 Å². The van der Waals surface area contributed by atoms with E-state index in [4.69, 9.17) is 0 Å². The molecule has 0 saturated heterocycles. The molecule has 20 heavy (non-hydrogen) atoms. The molecule has 1 aromatic heterocycles. The molecule has 0 aliphatic rings. The third-order valence-electron chi connectivity index (χ3n) is 3.78. The van der Waals surface area contributed by atoms with Crippen molar-refractivity contribution in [3.8, 4) is 0 Å². The molecule has 0 bridgehead atoms. The molecule has 0 amide bonds. The van der Waals surface area contributed by atoms with Gasteiger partial charge in [0.1, 0.15) is 0 Å². The lowest BCUT2D eigenvalue weighted by atomic mass is 10.0. The molecule has 1 heterocycles. The molecule has 1 nitrogen and oxygen atoms in total. The molecule has 0 spiro atoms. The molecular weight excluding hydrogens is 262 g/mol. The summed E-state index contributed by atoms with van der Waals surface area (Å²) in [5.74, 6) is 0. The third-order valence-corrected chi connectivity index (χ3v) is 4.80. The van der Waals surface area contributed by atoms with E-state index in [-0.39, 0.29) is 0 Å². The highest BCUT2D eigenvalue weighted by Gasteiger charge is 2.11. The number of aryl methyl sites for hydroxylation is 1. The van der Waals surface area contributed by atoms with E-state index in [0.717, 1.165) is 6.54 Å². The Labute approximate surface area is 127 Å². The van der Waals surface area contributed by atoms with Crippen molar-refractivity contribution < 1.29 is 0 Å². The zero-order valence-corrected chi connectivity index (χ0v) is 13.4. The van der Waals surface area contributed by atoms with Crippen LogP contribution in [0.4, 0.5) is 0 Å². The fourth-order valence-corrected chi connectivity index (χ4v) is 3.33. The van der Waals surface area contributed by atoms with Crippen LogP contribution < -0.4 is 5.32 Å². The lowest BCUT2D eigenvalue weighted by molar-refractivity contribution is 0.475. The summed E-state index contributed by atoms with van der Waals surface area (Å²) in [4.78, 5) is 1.46. The maximum atomic E-state index is 3.75. The molecule has 1 atom stereocenters. The minimum Gasteiger partial charge on any atom is -0.305 e. The first-order chi connectivity index (χ1) is 9.81. The summed E-state index contributed by atoms with van der Waals surface area (Å²) in [7, 11) is 0. The first-order valence-electron chi connectivity index (χ1n) is 7.62. The van der Waals surface area contributed by atoms with Gasteiger partial charge in [0.15, 0.2) is 0 Å². The SMILES string of the molecule is CCCCCC(NCc1sccc1C)c1ccccc1. The number of nitrogens with one attached hydrogen (secondary N) is 1. The van der Waals surface area contributed by atoms with Crippen molar-refractivity contribution in [2.45, 2.75) is 52.1 Å². The quantitative estimate of drug-likeness (QED) is 0.635. The van der Waals surface area contributed by atoms with Crippen molar-refractivity contribution in [3.05, 3.63) is 57.8 Å². The van der Waals surface area contributed by atoms with Crippen LogP contribution in [0.2, 0.25) is 0 Å². The number of unbranched alkanes of at least 4 members (excludes halogenated alkanes) is 2. The van der Waals surface area contributed by atoms with Crippen LogP contribution in [0, 0.1) is 6.92 Å². The van der Waals surface area contributed by atoms with Crippen LogP contribution in [0.25, 0.3) is 0 Å². The topological polar surface area (TPSA) is 12.0 Å². The van der Waals surface area contributed by atoms with Crippen molar-refractivity contribution in [2.24, 2.45) is 0 Å². The minimum absolute atomic E-state index is 0.476. The monoisotopic (exact) mass is 287 g/mol. The summed E-state index contributed by atoms with van der Waals surface area (Å²) in [5, 5.41) is 5.93. The molecule has 0 aliphatic heterocycles. The highest BCUT2D eigenvalue weighted by atomic mass is 32.1. The molecule has 2 heteroatoms. The molecule has 1 unspecified atom stereocenters. The van der Waals surface area contributed by atoms with Gasteiger partial charge in [0.2, 0.25) is 0 Å². The number of benzene rings is 1. The van der Waals surface area contributed by atoms with Gasteiger partial charge in [0.05, 0.1) is 0 Å². The highest BCUT2D eigenvalue weighted by Crippen LogP contribution is 2.22. The van der Waals surface area contributed by atoms with Crippen molar-refractivity contribution in [1.29, 1.82) is 0 Å². The maximum Gasteiger partial charge on any atom is 0.0323 e. The van der Waals surface area contributed by atoms with Gasteiger partial charge in [-0.25, -0.2) is 0 Å². The smallest absolute Gasteiger partial charge is 0.0323 e. The summed E-state index contributed by atoms with van der Waals surface area (Å²) in [6, 6.07) is 13.5. The largest absolute Gasteiger partial charge is 0.305 e. The molecule has 0 aliphatic carbocycles. The lowest BCUT2D eigenvalue weighted by Gasteiger charge is -2.19. The van der Waals surface area contributed by atoms with Gasteiger partial charge in [0, 0.05) is 17.5 Å². The van der Waals surface area contributed by atoms with E-state index >= 15 is 0 Å². The van der Waals surface area contributed by atoms with Crippen LogP contribution >= 0.6 is 11.3 Å². The van der Waals surface area contributed by atoms with Crippen LogP contribution in [0.3, 0.4) is 0 Å². The van der Waals surface area contributed by atoms with E-state index in [0.29, 0.717) is 6.04 Å². The Kier molecular flexibility index (Phi) is 6.28. The van der Waals surface area contributed by atoms with E-state index in [2.05, 4.69) is 60.9 Å². The predicted octanol–water partition coefficient (Wildman–Crippen LogP) is 5.47. The molecular formula is C18H25NS. The Morgan fingerprint density at radius 3 is 2.55 bits per heavy atom. The van der Waals surface area contributed by atoms with Gasteiger partial charge in [-0.2, -0.15) is 0 Å². The van der Waals surface area contributed by atoms with E-state index < -0.39 is 0 Å². The van der Waals surface area contributed by atoms with Gasteiger partial charge in [-0.15, -0.1) is 11.3 Å². The summed E-state index contributed by atoms with van der Waals surface area (Å²) < 4.78 is 0. The Bertz CT molecular complexity index is 489. The van der Waals surface area contributed by atoms with Crippen molar-refractivity contribution in [2.75, 3.05) is 0 Å². The van der Waals surface area contributed by atoms with Gasteiger partial charge in [0.25, 0.3) is 0 Å². The minimum atomic E-state index is 0.476. The van der Waals surface area contributed by atoms with Crippen molar-refractivity contribution in [3.63, 3.8) is 0 Å². The number of thiophene rings is 1. The molecule has 2 aromatic rings. The fourth-order valence-electron chi connectivity index (χ4n) is 2.47. The average Bonchev–Trinajstić information content (AvgIpc) is 2.89. The van der Waals surface area contributed by atoms with Crippen molar-refractivity contribution >= 4 is 11.3 Å². The van der Waals surface area contributed by atoms with E-state index in [9.17, 15) is 0 Å². The van der Waals surface area contributed by atoms with Gasteiger partial charge in [-0.05, 0) is 35.9 Å². The summed E-state index contributed by atoms with van der Waals surface area (Å²) >= 11 is 1.85. The molecule has 2 rings (SSSR count). The van der Waals surface area contributed by atoms with Crippen LogP contribution in [0.5, 0.6) is 0 Å². The first kappa shape index (κ1) is 15.3. The zero-order chi connectivity index (χ0) is 14.2. The summed E-state index contributed by atoms with van der Waals surface area (Å²) in [6.45, 7) is 5.44. The fraction of sp³-hybridized carbons (Fsp3) is 0.444. The molecule has 0 fully saturated rings. The lowest BCUT2D eigenvalue weighted by Crippen LogP contribution is -2.20. The standard InChI is InChI=1S/C18H25NS/c1-3-4-6-11-17(16-9-7-5-8-10-16)19-14-18-15(2)12-13-20-18/h5,7-10,12-13,17,19H,3-4,6,11,14H2,1-2H3. The van der Waals surface area contributed by atoms with Crippen LogP contribution in [-0.4, -0.2) is 0 Å². The molecule has 0 saturated carbocycles. The van der Waals surface area contributed by atoms with E-state index in [1.807, 2.05) is 11.3 Å². The summed E-state index contributed by atoms with van der Waals surface area (Å²) in [5.41, 5.74) is 2.82. The molecule has 1 aromatic carbocycles. The van der Waals surface area contributed by atoms with Crippen LogP contribution in [-0.2, 0) is 6.54 Å². The average molecular weight is 287 g/mol. The second-order valence-electron chi connectivity index (χ2n) is 5.37. The van der Waals surface area contributed by atoms with E-state index in [1.54, 1.807) is 0 Å². The van der Waals surface area contributed by atoms with Crippen LogP contribution in [0.15, 0.2) is 41.8 Å². The van der Waals surface area contributed by atoms with Crippen molar-refractivity contribution in [1.82, 2.24) is 5.32 Å². The van der Waals surface area contributed by atoms with Gasteiger partial charge in [-0.1, -0.05) is 56.5 Å². The maximum absolute atomic E-state index is 3.75. The normalized spacial score (nSPS) is 12.5. The number of hydrogen-bond donors (Lipinski definition) is 1. The highest BCUT2D eigenvalue weighted by molar-refractivity contribution is 7.10.